The Hall–Kier alpha value is -1.16. The van der Waals surface area contributed by atoms with E-state index in [0.29, 0.717) is 12.5 Å². The molecule has 2 heterocycles. The molecule has 2 rings (SSSR count). The van der Waals surface area contributed by atoms with Crippen molar-refractivity contribution in [3.63, 3.8) is 0 Å². The zero-order chi connectivity index (χ0) is 18.8. The van der Waals surface area contributed by atoms with Crippen molar-refractivity contribution < 1.29 is 4.52 Å². The number of hydrogen-bond acceptors (Lipinski definition) is 5. The number of aromatic nitrogens is 2. The Morgan fingerprint density at radius 3 is 2.67 bits per heavy atom. The standard InChI is InChI=1S/C19H31N5OS.HI/c1-5-15(6-2)17-11-16(25-24-17)12-22-19(20-7-3)21-10-8-9-18-23-14(4)13-26-18;/h11,13,15H,5-10,12H2,1-4H3,(H2,20,21,22);1H. The van der Waals surface area contributed by atoms with E-state index < -0.39 is 0 Å². The largest absolute Gasteiger partial charge is 0.359 e. The summed E-state index contributed by atoms with van der Waals surface area (Å²) in [7, 11) is 0. The van der Waals surface area contributed by atoms with Crippen LogP contribution in [0.5, 0.6) is 0 Å². The minimum absolute atomic E-state index is 0. The lowest BCUT2D eigenvalue weighted by Gasteiger charge is -2.10. The van der Waals surface area contributed by atoms with Gasteiger partial charge in [-0.2, -0.15) is 0 Å². The molecule has 2 aromatic rings. The van der Waals surface area contributed by atoms with Gasteiger partial charge in [0.2, 0.25) is 0 Å². The summed E-state index contributed by atoms with van der Waals surface area (Å²) in [5, 5.41) is 14.1. The highest BCUT2D eigenvalue weighted by atomic mass is 127. The third-order valence-corrected chi connectivity index (χ3v) is 5.27. The van der Waals surface area contributed by atoms with Crippen LogP contribution in [0.25, 0.3) is 0 Å². The highest BCUT2D eigenvalue weighted by Gasteiger charge is 2.12. The molecule has 0 aliphatic heterocycles. The SMILES string of the molecule is CCNC(=NCc1cc(C(CC)CC)no1)NCCCc1nc(C)cs1.I. The summed E-state index contributed by atoms with van der Waals surface area (Å²) in [6.45, 7) is 10.6. The predicted octanol–water partition coefficient (Wildman–Crippen LogP) is 4.65. The number of rotatable bonds is 10. The number of guanidine groups is 1. The smallest absolute Gasteiger partial charge is 0.191 e. The van der Waals surface area contributed by atoms with Gasteiger partial charge in [-0.3, -0.25) is 0 Å². The van der Waals surface area contributed by atoms with Crippen LogP contribution in [0.4, 0.5) is 0 Å². The Morgan fingerprint density at radius 2 is 2.04 bits per heavy atom. The van der Waals surface area contributed by atoms with E-state index in [2.05, 4.69) is 51.9 Å². The van der Waals surface area contributed by atoms with Crippen LogP contribution < -0.4 is 10.6 Å². The van der Waals surface area contributed by atoms with Gasteiger partial charge in [-0.25, -0.2) is 9.98 Å². The molecular formula is C19H32IN5OS. The summed E-state index contributed by atoms with van der Waals surface area (Å²) >= 11 is 1.73. The Bertz CT molecular complexity index is 681. The van der Waals surface area contributed by atoms with Gasteiger partial charge in [-0.15, -0.1) is 35.3 Å². The maximum atomic E-state index is 5.44. The van der Waals surface area contributed by atoms with Crippen LogP contribution in [0.1, 0.15) is 68.1 Å². The molecule has 0 aromatic carbocycles. The minimum atomic E-state index is 0. The molecule has 6 nitrogen and oxygen atoms in total. The van der Waals surface area contributed by atoms with Gasteiger partial charge in [0.05, 0.1) is 10.7 Å². The van der Waals surface area contributed by atoms with E-state index >= 15 is 0 Å². The molecule has 0 saturated heterocycles. The van der Waals surface area contributed by atoms with E-state index in [1.165, 1.54) is 5.01 Å². The van der Waals surface area contributed by atoms with Gasteiger partial charge in [0.15, 0.2) is 11.7 Å². The normalized spacial score (nSPS) is 11.5. The Kier molecular flexibility index (Phi) is 11.6. The van der Waals surface area contributed by atoms with E-state index in [0.717, 1.165) is 61.9 Å². The third kappa shape index (κ3) is 8.16. The molecule has 0 radical (unpaired) electrons. The number of hydrogen-bond donors (Lipinski definition) is 2. The van der Waals surface area contributed by atoms with Crippen molar-refractivity contribution in [2.45, 2.75) is 65.8 Å². The van der Waals surface area contributed by atoms with Gasteiger partial charge < -0.3 is 15.2 Å². The van der Waals surface area contributed by atoms with Gasteiger partial charge in [0.1, 0.15) is 6.54 Å². The van der Waals surface area contributed by atoms with Crippen molar-refractivity contribution in [3.05, 3.63) is 33.6 Å². The van der Waals surface area contributed by atoms with E-state index in [-0.39, 0.29) is 24.0 Å². The summed E-state index contributed by atoms with van der Waals surface area (Å²) < 4.78 is 5.44. The fourth-order valence-electron chi connectivity index (χ4n) is 2.77. The van der Waals surface area contributed by atoms with Crippen molar-refractivity contribution in [1.29, 1.82) is 0 Å². The molecule has 0 amide bonds. The third-order valence-electron chi connectivity index (χ3n) is 4.24. The van der Waals surface area contributed by atoms with Crippen LogP contribution in [0, 0.1) is 6.92 Å². The average molecular weight is 505 g/mol. The summed E-state index contributed by atoms with van der Waals surface area (Å²) in [4.78, 5) is 9.10. The molecule has 152 valence electrons. The van der Waals surface area contributed by atoms with E-state index in [4.69, 9.17) is 4.52 Å². The van der Waals surface area contributed by atoms with Crippen molar-refractivity contribution in [1.82, 2.24) is 20.8 Å². The lowest BCUT2D eigenvalue weighted by atomic mass is 9.99. The molecule has 0 unspecified atom stereocenters. The topological polar surface area (TPSA) is 75.3 Å². The van der Waals surface area contributed by atoms with Crippen LogP contribution >= 0.6 is 35.3 Å². The second kappa shape index (κ2) is 13.1. The number of thiazole rings is 1. The number of nitrogens with one attached hydrogen (secondary N) is 2. The molecule has 0 spiro atoms. The molecule has 0 saturated carbocycles. The van der Waals surface area contributed by atoms with Crippen LogP contribution in [-0.4, -0.2) is 29.2 Å². The van der Waals surface area contributed by atoms with Gasteiger partial charge >= 0.3 is 0 Å². The quantitative estimate of drug-likeness (QED) is 0.213. The van der Waals surface area contributed by atoms with Crippen molar-refractivity contribution >= 4 is 41.3 Å². The first-order chi connectivity index (χ1) is 12.7. The highest BCUT2D eigenvalue weighted by Crippen LogP contribution is 2.22. The van der Waals surface area contributed by atoms with Crippen LogP contribution in [0.3, 0.4) is 0 Å². The Morgan fingerprint density at radius 1 is 1.26 bits per heavy atom. The van der Waals surface area contributed by atoms with Gasteiger partial charge in [-0.1, -0.05) is 19.0 Å². The number of aliphatic imine (C=N–C) groups is 1. The number of nitrogens with zero attached hydrogens (tertiary/aromatic N) is 3. The zero-order valence-corrected chi connectivity index (χ0v) is 19.9. The zero-order valence-electron chi connectivity index (χ0n) is 16.7. The Balaban J connectivity index is 0.00000364. The first kappa shape index (κ1) is 23.9. The van der Waals surface area contributed by atoms with E-state index in [1.54, 1.807) is 11.3 Å². The number of halogens is 1. The maximum absolute atomic E-state index is 5.44. The summed E-state index contributed by atoms with van der Waals surface area (Å²) in [6.07, 6.45) is 4.17. The fraction of sp³-hybridized carbons (Fsp3) is 0.632. The summed E-state index contributed by atoms with van der Waals surface area (Å²) in [5.74, 6) is 2.09. The summed E-state index contributed by atoms with van der Waals surface area (Å²) in [5.41, 5.74) is 2.14. The number of aryl methyl sites for hydroxylation is 2. The molecule has 0 fully saturated rings. The first-order valence-electron chi connectivity index (χ1n) is 9.54. The first-order valence-corrected chi connectivity index (χ1v) is 10.4. The van der Waals surface area contributed by atoms with E-state index in [1.807, 2.05) is 13.0 Å². The second-order valence-electron chi connectivity index (χ2n) is 6.34. The molecule has 0 atom stereocenters. The lowest BCUT2D eigenvalue weighted by molar-refractivity contribution is 0.372. The monoisotopic (exact) mass is 505 g/mol. The van der Waals surface area contributed by atoms with Gasteiger partial charge in [0, 0.05) is 42.6 Å². The van der Waals surface area contributed by atoms with E-state index in [9.17, 15) is 0 Å². The van der Waals surface area contributed by atoms with Crippen LogP contribution in [-0.2, 0) is 13.0 Å². The van der Waals surface area contributed by atoms with Gasteiger partial charge in [-0.05, 0) is 33.1 Å². The molecule has 0 aliphatic rings. The van der Waals surface area contributed by atoms with Crippen LogP contribution in [0.15, 0.2) is 21.0 Å². The maximum Gasteiger partial charge on any atom is 0.191 e. The van der Waals surface area contributed by atoms with Crippen LogP contribution in [0.2, 0.25) is 0 Å². The molecule has 8 heteroatoms. The highest BCUT2D eigenvalue weighted by molar-refractivity contribution is 14.0. The van der Waals surface area contributed by atoms with Gasteiger partial charge in [0.25, 0.3) is 0 Å². The van der Waals surface area contributed by atoms with Crippen molar-refractivity contribution in [2.75, 3.05) is 13.1 Å². The van der Waals surface area contributed by atoms with Crippen molar-refractivity contribution in [3.8, 4) is 0 Å². The Labute approximate surface area is 183 Å². The molecular weight excluding hydrogens is 473 g/mol. The molecule has 0 bridgehead atoms. The van der Waals surface area contributed by atoms with Crippen molar-refractivity contribution in [2.24, 2.45) is 4.99 Å². The molecule has 27 heavy (non-hydrogen) atoms. The summed E-state index contributed by atoms with van der Waals surface area (Å²) in [6, 6.07) is 2.04. The average Bonchev–Trinajstić information content (AvgIpc) is 3.27. The molecule has 2 N–H and O–H groups in total. The predicted molar refractivity (Wildman–Crippen MR) is 123 cm³/mol. The molecule has 2 aromatic heterocycles. The fourth-order valence-corrected chi connectivity index (χ4v) is 3.58. The molecule has 0 aliphatic carbocycles. The lowest BCUT2D eigenvalue weighted by Crippen LogP contribution is -2.37. The second-order valence-corrected chi connectivity index (χ2v) is 7.28. The minimum Gasteiger partial charge on any atom is -0.359 e.